The Morgan fingerprint density at radius 2 is 0.964 bits per heavy atom. The van der Waals surface area contributed by atoms with Crippen LogP contribution in [0.25, 0.3) is 0 Å². The second kappa shape index (κ2) is 43.6. The van der Waals surface area contributed by atoms with Crippen molar-refractivity contribution in [2.75, 3.05) is 33.0 Å². The van der Waals surface area contributed by atoms with Crippen molar-refractivity contribution in [2.45, 2.75) is 206 Å². The van der Waals surface area contributed by atoms with E-state index in [1.165, 1.54) is 122 Å². The Kier molecular flexibility index (Phi) is 42.4. The Balaban J connectivity index is 4.04. The molecule has 0 aliphatic heterocycles. The van der Waals surface area contributed by atoms with Crippen LogP contribution in [0.1, 0.15) is 200 Å². The van der Waals surface area contributed by atoms with Gasteiger partial charge in [0.05, 0.1) is 19.8 Å². The number of hydrogen-bond donors (Lipinski definition) is 2. The molecule has 0 rings (SSSR count). The summed E-state index contributed by atoms with van der Waals surface area (Å²) in [4.78, 5) is 22.5. The maximum atomic E-state index is 12.6. The van der Waals surface area contributed by atoms with Gasteiger partial charge in [-0.2, -0.15) is 0 Å². The molecule has 0 radical (unpaired) electrons. The fourth-order valence-electron chi connectivity index (χ4n) is 6.12. The molecule has 3 N–H and O–H groups in total. The average Bonchev–Trinajstić information content (AvgIpc) is 3.17. The third-order valence-electron chi connectivity index (χ3n) is 9.47. The minimum Gasteiger partial charge on any atom is -0.457 e. The highest BCUT2D eigenvalue weighted by atomic mass is 31.2. The van der Waals surface area contributed by atoms with Crippen LogP contribution >= 0.6 is 7.82 Å². The highest BCUT2D eigenvalue weighted by Gasteiger charge is 2.25. The first kappa shape index (κ1) is 53.5. The fourth-order valence-corrected chi connectivity index (χ4v) is 6.88. The summed E-state index contributed by atoms with van der Waals surface area (Å²) in [5.74, 6) is -0.339. The number of carbonyl (C=O) groups excluding carboxylic acids is 1. The molecule has 0 bridgehead atoms. The molecule has 0 aliphatic carbocycles. The van der Waals surface area contributed by atoms with Crippen LogP contribution in [0.2, 0.25) is 0 Å². The maximum Gasteiger partial charge on any atom is 0.472 e. The van der Waals surface area contributed by atoms with E-state index in [0.29, 0.717) is 13.0 Å². The molecule has 0 heterocycles. The van der Waals surface area contributed by atoms with Crippen molar-refractivity contribution < 1.29 is 32.8 Å². The zero-order valence-electron chi connectivity index (χ0n) is 35.7. The normalized spacial score (nSPS) is 13.9. The lowest BCUT2D eigenvalue weighted by atomic mass is 10.1. The van der Waals surface area contributed by atoms with Crippen molar-refractivity contribution in [3.8, 4) is 0 Å². The number of hydrogen-bond acceptors (Lipinski definition) is 7. The van der Waals surface area contributed by atoms with E-state index < -0.39 is 13.9 Å². The zero-order valence-corrected chi connectivity index (χ0v) is 36.6. The van der Waals surface area contributed by atoms with Gasteiger partial charge in [-0.1, -0.05) is 165 Å². The molecule has 0 saturated carbocycles. The molecule has 55 heavy (non-hydrogen) atoms. The number of rotatable bonds is 43. The summed E-state index contributed by atoms with van der Waals surface area (Å²) in [5.41, 5.74) is 5.37. The summed E-state index contributed by atoms with van der Waals surface area (Å²) in [6.07, 6.45) is 51.2. The van der Waals surface area contributed by atoms with E-state index in [2.05, 4.69) is 62.5 Å². The van der Waals surface area contributed by atoms with Crippen LogP contribution in [0.3, 0.4) is 0 Å². The van der Waals surface area contributed by atoms with E-state index >= 15 is 0 Å². The van der Waals surface area contributed by atoms with Crippen molar-refractivity contribution in [2.24, 2.45) is 5.73 Å². The van der Waals surface area contributed by atoms with Crippen LogP contribution in [0.5, 0.6) is 0 Å². The number of allylic oxidation sites excluding steroid dienone is 8. The van der Waals surface area contributed by atoms with E-state index in [0.717, 1.165) is 57.8 Å². The predicted octanol–water partition coefficient (Wildman–Crippen LogP) is 13.6. The number of nitrogens with two attached hydrogens (primary N) is 1. The maximum absolute atomic E-state index is 12.6. The molecule has 0 aromatic carbocycles. The highest BCUT2D eigenvalue weighted by Crippen LogP contribution is 2.43. The van der Waals surface area contributed by atoms with E-state index in [1.54, 1.807) is 0 Å². The Morgan fingerprint density at radius 1 is 0.545 bits per heavy atom. The lowest BCUT2D eigenvalue weighted by Gasteiger charge is -2.20. The number of phosphoric ester groups is 1. The van der Waals surface area contributed by atoms with Gasteiger partial charge in [-0.25, -0.2) is 4.57 Å². The summed E-state index contributed by atoms with van der Waals surface area (Å²) in [6.45, 7) is 4.86. The Labute approximate surface area is 339 Å². The molecule has 9 heteroatoms. The topological polar surface area (TPSA) is 117 Å². The zero-order chi connectivity index (χ0) is 40.2. The molecular formula is C46H86NO7P. The van der Waals surface area contributed by atoms with E-state index in [1.807, 2.05) is 0 Å². The van der Waals surface area contributed by atoms with Gasteiger partial charge >= 0.3 is 13.8 Å². The number of ether oxygens (including phenoxy) is 2. The molecule has 0 aliphatic rings. The van der Waals surface area contributed by atoms with E-state index in [4.69, 9.17) is 24.3 Å². The second-order valence-electron chi connectivity index (χ2n) is 14.9. The van der Waals surface area contributed by atoms with Crippen LogP contribution in [0, 0.1) is 0 Å². The Morgan fingerprint density at radius 3 is 1.45 bits per heavy atom. The lowest BCUT2D eigenvalue weighted by molar-refractivity contribution is -0.154. The summed E-state index contributed by atoms with van der Waals surface area (Å²) < 4.78 is 33.5. The molecule has 0 amide bonds. The van der Waals surface area contributed by atoms with Gasteiger partial charge in [-0.3, -0.25) is 13.8 Å². The summed E-state index contributed by atoms with van der Waals surface area (Å²) in [6, 6.07) is 0. The number of unbranched alkanes of at least 4 members (excludes halogenated alkanes) is 22. The van der Waals surface area contributed by atoms with Gasteiger partial charge in [0.1, 0.15) is 6.10 Å². The Hall–Kier alpha value is -1.54. The first-order valence-corrected chi connectivity index (χ1v) is 24.1. The van der Waals surface area contributed by atoms with Gasteiger partial charge in [0.15, 0.2) is 0 Å². The van der Waals surface area contributed by atoms with Gasteiger partial charge in [-0.15, -0.1) is 0 Å². The van der Waals surface area contributed by atoms with Crippen molar-refractivity contribution in [1.29, 1.82) is 0 Å². The fraction of sp³-hybridized carbons (Fsp3) is 0.804. The minimum absolute atomic E-state index is 0.0965. The second-order valence-corrected chi connectivity index (χ2v) is 16.4. The van der Waals surface area contributed by atoms with Gasteiger partial charge < -0.3 is 20.1 Å². The van der Waals surface area contributed by atoms with Crippen LogP contribution in [-0.4, -0.2) is 49.9 Å². The molecule has 0 aromatic heterocycles. The first-order chi connectivity index (χ1) is 26.9. The van der Waals surface area contributed by atoms with E-state index in [-0.39, 0.29) is 32.3 Å². The number of phosphoric acid groups is 1. The van der Waals surface area contributed by atoms with E-state index in [9.17, 15) is 14.3 Å². The smallest absolute Gasteiger partial charge is 0.457 e. The largest absolute Gasteiger partial charge is 0.472 e. The quantitative estimate of drug-likeness (QED) is 0.0271. The molecule has 0 aromatic rings. The van der Waals surface area contributed by atoms with Crippen molar-refractivity contribution in [3.05, 3.63) is 48.6 Å². The minimum atomic E-state index is -4.28. The van der Waals surface area contributed by atoms with Gasteiger partial charge in [-0.05, 0) is 77.0 Å². The third kappa shape index (κ3) is 43.4. The van der Waals surface area contributed by atoms with Crippen molar-refractivity contribution in [1.82, 2.24) is 0 Å². The number of carbonyl (C=O) groups is 1. The molecule has 2 unspecified atom stereocenters. The predicted molar refractivity (Wildman–Crippen MR) is 233 cm³/mol. The molecule has 0 fully saturated rings. The van der Waals surface area contributed by atoms with Crippen LogP contribution in [0.4, 0.5) is 0 Å². The SMILES string of the molecule is CCCCC/C=C\C/C=C\CCCCCCCCCCCC(=O)OC(COCCCCCCCC/C=C\C/C=C\CCCCCC)COP(=O)(O)OCCN. The van der Waals surface area contributed by atoms with Gasteiger partial charge in [0.2, 0.25) is 0 Å². The first-order valence-electron chi connectivity index (χ1n) is 22.6. The summed E-state index contributed by atoms with van der Waals surface area (Å²) >= 11 is 0. The Bertz CT molecular complexity index is 983. The average molecular weight is 796 g/mol. The standard InChI is InChI=1S/C46H86NO7P/c1-3-5-7-9-11-13-15-17-19-21-22-23-25-27-29-31-33-35-37-39-46(48)54-45(44-53-55(49,50)52-42-40-47)43-51-41-38-36-34-32-30-28-26-24-20-18-16-14-12-10-8-6-4-2/h11,13-14,16-17,19-20,24,45H,3-10,12,15,18,21-23,25-44,47H2,1-2H3,(H,49,50)/b13-11-,16-14-,19-17-,24-20-. The monoisotopic (exact) mass is 796 g/mol. The molecule has 0 spiro atoms. The summed E-state index contributed by atoms with van der Waals surface area (Å²) in [7, 11) is -4.28. The molecule has 322 valence electrons. The van der Waals surface area contributed by atoms with Crippen molar-refractivity contribution in [3.63, 3.8) is 0 Å². The van der Waals surface area contributed by atoms with Crippen LogP contribution < -0.4 is 5.73 Å². The molecule has 8 nitrogen and oxygen atoms in total. The molecule has 2 atom stereocenters. The molecule has 0 saturated heterocycles. The van der Waals surface area contributed by atoms with Gasteiger partial charge in [0, 0.05) is 19.6 Å². The van der Waals surface area contributed by atoms with Crippen molar-refractivity contribution >= 4 is 13.8 Å². The molecular weight excluding hydrogens is 709 g/mol. The van der Waals surface area contributed by atoms with Crippen LogP contribution in [-0.2, 0) is 27.9 Å². The highest BCUT2D eigenvalue weighted by molar-refractivity contribution is 7.47. The number of esters is 1. The lowest BCUT2D eigenvalue weighted by Crippen LogP contribution is -2.28. The van der Waals surface area contributed by atoms with Crippen LogP contribution in [0.15, 0.2) is 48.6 Å². The third-order valence-corrected chi connectivity index (χ3v) is 10.5. The van der Waals surface area contributed by atoms with Gasteiger partial charge in [0.25, 0.3) is 0 Å². The summed E-state index contributed by atoms with van der Waals surface area (Å²) in [5, 5.41) is 0.